The van der Waals surface area contributed by atoms with Crippen LogP contribution in [0.15, 0.2) is 12.1 Å². The smallest absolute Gasteiger partial charge is 0.140 e. The Kier molecular flexibility index (Phi) is 5.60. The minimum absolute atomic E-state index is 0. The van der Waals surface area contributed by atoms with Gasteiger partial charge in [0.25, 0.3) is 0 Å². The lowest BCUT2D eigenvalue weighted by molar-refractivity contribution is 0.460. The van der Waals surface area contributed by atoms with E-state index in [1.54, 1.807) is 12.1 Å². The predicted octanol–water partition coefficient (Wildman–Crippen LogP) is 3.53. The molecule has 0 fully saturated rings. The Hall–Kier alpha value is -0.150. The van der Waals surface area contributed by atoms with Crippen LogP contribution < -0.4 is 5.73 Å². The van der Waals surface area contributed by atoms with Crippen molar-refractivity contribution >= 4 is 35.6 Å². The molecule has 0 saturated carbocycles. The largest absolute Gasteiger partial charge is 0.506 e. The molecule has 0 amide bonds. The van der Waals surface area contributed by atoms with Gasteiger partial charge in [0.05, 0.1) is 5.02 Å². The zero-order chi connectivity index (χ0) is 10.0. The molecule has 2 nitrogen and oxygen atoms in total. The molecule has 1 atom stereocenters. The van der Waals surface area contributed by atoms with E-state index in [9.17, 15) is 5.11 Å². The Bertz CT molecular complexity index is 317. The summed E-state index contributed by atoms with van der Waals surface area (Å²) in [6, 6.07) is 3.13. The van der Waals surface area contributed by atoms with E-state index < -0.39 is 0 Å². The third-order valence-electron chi connectivity index (χ3n) is 1.94. The van der Waals surface area contributed by atoms with E-state index in [1.165, 1.54) is 0 Å². The molecule has 0 aliphatic heterocycles. The Morgan fingerprint density at radius 3 is 2.50 bits per heavy atom. The highest BCUT2D eigenvalue weighted by atomic mass is 35.5. The molecule has 0 bridgehead atoms. The van der Waals surface area contributed by atoms with Crippen molar-refractivity contribution in [1.29, 1.82) is 0 Å². The topological polar surface area (TPSA) is 46.2 Å². The van der Waals surface area contributed by atoms with Gasteiger partial charge in [0.2, 0.25) is 0 Å². The molecule has 3 N–H and O–H groups in total. The molecule has 0 aliphatic carbocycles. The molecular weight excluding hydrogens is 244 g/mol. The molecule has 0 saturated heterocycles. The number of benzene rings is 1. The molecule has 1 rings (SSSR count). The van der Waals surface area contributed by atoms with Gasteiger partial charge < -0.3 is 10.8 Å². The number of hydrogen-bond acceptors (Lipinski definition) is 2. The fraction of sp³-hybridized carbons (Fsp3) is 0.333. The first kappa shape index (κ1) is 13.8. The Morgan fingerprint density at radius 1 is 1.43 bits per heavy atom. The average Bonchev–Trinajstić information content (AvgIpc) is 2.13. The molecule has 14 heavy (non-hydrogen) atoms. The number of nitrogens with two attached hydrogens (primary N) is 1. The average molecular weight is 257 g/mol. The lowest BCUT2D eigenvalue weighted by Gasteiger charge is -2.12. The molecule has 1 aromatic carbocycles. The van der Waals surface area contributed by atoms with E-state index in [-0.39, 0.29) is 29.2 Å². The Labute approximate surface area is 99.4 Å². The highest BCUT2D eigenvalue weighted by molar-refractivity contribution is 6.43. The number of hydrogen-bond donors (Lipinski definition) is 2. The van der Waals surface area contributed by atoms with Gasteiger partial charge in [-0.1, -0.05) is 36.2 Å². The van der Waals surface area contributed by atoms with E-state index >= 15 is 0 Å². The maximum atomic E-state index is 9.58. The van der Waals surface area contributed by atoms with E-state index in [0.717, 1.165) is 6.42 Å². The summed E-state index contributed by atoms with van der Waals surface area (Å²) in [5.41, 5.74) is 6.39. The van der Waals surface area contributed by atoms with Crippen LogP contribution in [0.3, 0.4) is 0 Å². The number of phenols is 1. The van der Waals surface area contributed by atoms with Gasteiger partial charge in [0.1, 0.15) is 10.8 Å². The first-order chi connectivity index (χ1) is 6.07. The normalized spacial score (nSPS) is 12.0. The van der Waals surface area contributed by atoms with Crippen LogP contribution in [0.1, 0.15) is 24.9 Å². The minimum atomic E-state index is -0.199. The molecule has 0 radical (unpaired) electrons. The number of rotatable bonds is 2. The number of halogens is 3. The van der Waals surface area contributed by atoms with Gasteiger partial charge in [-0.05, 0) is 12.5 Å². The van der Waals surface area contributed by atoms with Gasteiger partial charge in [-0.2, -0.15) is 0 Å². The maximum Gasteiger partial charge on any atom is 0.140 e. The van der Waals surface area contributed by atoms with Crippen molar-refractivity contribution in [2.75, 3.05) is 0 Å². The quantitative estimate of drug-likeness (QED) is 0.850. The van der Waals surface area contributed by atoms with Gasteiger partial charge in [-0.3, -0.25) is 0 Å². The van der Waals surface area contributed by atoms with Crippen molar-refractivity contribution in [3.63, 3.8) is 0 Å². The van der Waals surface area contributed by atoms with Crippen molar-refractivity contribution < 1.29 is 5.11 Å². The maximum absolute atomic E-state index is 9.58. The Balaban J connectivity index is 0.00000169. The van der Waals surface area contributed by atoms with E-state index in [2.05, 4.69) is 0 Å². The standard InChI is InChI=1S/C9H11Cl2NO.ClH/c1-2-7(12)5-3-4-6(10)8(11)9(5)13;/h3-4,7,13H,2,12H2,1H3;1H/t7-;/m1./s1. The second kappa shape index (κ2) is 5.66. The van der Waals surface area contributed by atoms with E-state index in [0.29, 0.717) is 10.6 Å². The summed E-state index contributed by atoms with van der Waals surface area (Å²) in [6.07, 6.45) is 0.742. The summed E-state index contributed by atoms with van der Waals surface area (Å²) in [5.74, 6) is -0.0106. The summed E-state index contributed by atoms with van der Waals surface area (Å²) in [6.45, 7) is 1.94. The first-order valence-corrected chi connectivity index (χ1v) is 4.76. The van der Waals surface area contributed by atoms with Crippen molar-refractivity contribution in [2.24, 2.45) is 5.73 Å². The third kappa shape index (κ3) is 2.67. The van der Waals surface area contributed by atoms with Gasteiger partial charge in [-0.15, -0.1) is 12.4 Å². The molecule has 1 aromatic rings. The van der Waals surface area contributed by atoms with Crippen LogP contribution in [0.5, 0.6) is 5.75 Å². The monoisotopic (exact) mass is 255 g/mol. The fourth-order valence-corrected chi connectivity index (χ4v) is 1.40. The zero-order valence-electron chi connectivity index (χ0n) is 7.63. The van der Waals surface area contributed by atoms with Gasteiger partial charge in [0, 0.05) is 11.6 Å². The third-order valence-corrected chi connectivity index (χ3v) is 2.73. The highest BCUT2D eigenvalue weighted by Gasteiger charge is 2.13. The fourth-order valence-electron chi connectivity index (χ4n) is 1.07. The summed E-state index contributed by atoms with van der Waals surface area (Å²) >= 11 is 11.4. The second-order valence-corrected chi connectivity index (χ2v) is 3.60. The van der Waals surface area contributed by atoms with Crippen LogP contribution in [-0.4, -0.2) is 5.11 Å². The molecule has 0 heterocycles. The van der Waals surface area contributed by atoms with Crippen LogP contribution in [0, 0.1) is 0 Å². The zero-order valence-corrected chi connectivity index (χ0v) is 9.96. The lowest BCUT2D eigenvalue weighted by Crippen LogP contribution is -2.08. The van der Waals surface area contributed by atoms with Crippen LogP contribution in [0.2, 0.25) is 10.0 Å². The van der Waals surface area contributed by atoms with Gasteiger partial charge in [-0.25, -0.2) is 0 Å². The molecule has 0 unspecified atom stereocenters. The predicted molar refractivity (Wildman–Crippen MR) is 62.6 cm³/mol. The summed E-state index contributed by atoms with van der Waals surface area (Å²) in [5, 5.41) is 10.1. The number of aromatic hydroxyl groups is 1. The van der Waals surface area contributed by atoms with Gasteiger partial charge >= 0.3 is 0 Å². The summed E-state index contributed by atoms with van der Waals surface area (Å²) in [4.78, 5) is 0. The molecule has 0 spiro atoms. The van der Waals surface area contributed by atoms with Crippen molar-refractivity contribution in [3.8, 4) is 5.75 Å². The van der Waals surface area contributed by atoms with Crippen LogP contribution in [0.4, 0.5) is 0 Å². The van der Waals surface area contributed by atoms with Crippen LogP contribution >= 0.6 is 35.6 Å². The SMILES string of the molecule is CC[C@@H](N)c1ccc(Cl)c(Cl)c1O.Cl. The van der Waals surface area contributed by atoms with Crippen LogP contribution in [0.25, 0.3) is 0 Å². The molecule has 5 heteroatoms. The Morgan fingerprint density at radius 2 is 2.00 bits per heavy atom. The molecule has 80 valence electrons. The van der Waals surface area contributed by atoms with Crippen molar-refractivity contribution in [3.05, 3.63) is 27.7 Å². The second-order valence-electron chi connectivity index (χ2n) is 2.81. The van der Waals surface area contributed by atoms with Crippen LogP contribution in [-0.2, 0) is 0 Å². The summed E-state index contributed by atoms with van der Waals surface area (Å²) in [7, 11) is 0. The minimum Gasteiger partial charge on any atom is -0.506 e. The van der Waals surface area contributed by atoms with Gasteiger partial charge in [0.15, 0.2) is 0 Å². The highest BCUT2D eigenvalue weighted by Crippen LogP contribution is 2.36. The summed E-state index contributed by atoms with van der Waals surface area (Å²) < 4.78 is 0. The molecular formula is C9H12Cl3NO. The van der Waals surface area contributed by atoms with Crippen molar-refractivity contribution in [1.82, 2.24) is 0 Å². The van der Waals surface area contributed by atoms with E-state index in [4.69, 9.17) is 28.9 Å². The number of phenolic OH excluding ortho intramolecular Hbond substituents is 1. The van der Waals surface area contributed by atoms with Crippen molar-refractivity contribution in [2.45, 2.75) is 19.4 Å². The molecule has 0 aliphatic rings. The first-order valence-electron chi connectivity index (χ1n) is 4.00. The molecule has 0 aromatic heterocycles. The lowest BCUT2D eigenvalue weighted by atomic mass is 10.0. The van der Waals surface area contributed by atoms with E-state index in [1.807, 2.05) is 6.92 Å².